The maximum absolute atomic E-state index is 14.3. The first-order valence-corrected chi connectivity index (χ1v) is 15.6. The van der Waals surface area contributed by atoms with Crippen LogP contribution in [-0.2, 0) is 38.6 Å². The summed E-state index contributed by atoms with van der Waals surface area (Å²) < 4.78 is 0. The largest absolute Gasteiger partial charge is 0.507 e. The molecular weight excluding hydrogens is 562 g/mol. The summed E-state index contributed by atoms with van der Waals surface area (Å²) in [5, 5.41) is 26.7. The molecule has 0 spiro atoms. The lowest BCUT2D eigenvalue weighted by atomic mass is 9.52. The highest BCUT2D eigenvalue weighted by Crippen LogP contribution is 2.51. The number of hydrogen-bond acceptors (Lipinski definition) is 9. The summed E-state index contributed by atoms with van der Waals surface area (Å²) in [6.07, 6.45) is 2.81. The third-order valence-corrected chi connectivity index (χ3v) is 9.58. The molecule has 3 aliphatic carbocycles. The molecule has 5 N–H and O–H groups in total. The summed E-state index contributed by atoms with van der Waals surface area (Å²) in [7, 11) is 3.16. The van der Waals surface area contributed by atoms with Gasteiger partial charge in [0, 0.05) is 24.6 Å². The number of aromatic hydroxyl groups is 1. The Balaban J connectivity index is 1.81. The Bertz CT molecular complexity index is 1390. The summed E-state index contributed by atoms with van der Waals surface area (Å²) in [4.78, 5) is 69.0. The molecule has 4 rings (SSSR count). The van der Waals surface area contributed by atoms with Crippen molar-refractivity contribution >= 4 is 29.0 Å². The van der Waals surface area contributed by atoms with E-state index in [1.165, 1.54) is 4.90 Å². The van der Waals surface area contributed by atoms with Gasteiger partial charge in [-0.25, -0.2) is 0 Å². The normalized spacial score (nSPS) is 29.0. The number of aliphatic hydroxyl groups is 1. The first-order valence-electron chi connectivity index (χ1n) is 15.6. The van der Waals surface area contributed by atoms with Crippen LogP contribution in [0.15, 0.2) is 6.07 Å². The van der Waals surface area contributed by atoms with Crippen molar-refractivity contribution in [3.05, 3.63) is 28.3 Å². The lowest BCUT2D eigenvalue weighted by Gasteiger charge is -2.52. The molecule has 2 fully saturated rings. The number of fused-ring (bicyclic) bond motifs is 3. The van der Waals surface area contributed by atoms with E-state index < -0.39 is 64.4 Å². The van der Waals surface area contributed by atoms with Crippen molar-refractivity contribution < 1.29 is 34.2 Å². The number of primary amides is 1. The van der Waals surface area contributed by atoms with E-state index in [-0.39, 0.29) is 35.0 Å². The maximum Gasteiger partial charge on any atom is 0.235 e. The Morgan fingerprint density at radius 2 is 1.68 bits per heavy atom. The van der Waals surface area contributed by atoms with Crippen LogP contribution in [0.1, 0.15) is 87.9 Å². The Labute approximate surface area is 260 Å². The number of phenolic OH excluding ortho intramolecular Hbond substituents is 1. The number of phenols is 1. The lowest BCUT2D eigenvalue weighted by molar-refractivity contribution is -0.181. The number of nitrogens with one attached hydrogen (secondary N) is 1. The number of amides is 1. The smallest absolute Gasteiger partial charge is 0.235 e. The summed E-state index contributed by atoms with van der Waals surface area (Å²) in [5.41, 5.74) is 5.02. The molecule has 1 aromatic rings. The molecule has 1 amide bonds. The highest BCUT2D eigenvalue weighted by Gasteiger charge is 2.69. The van der Waals surface area contributed by atoms with Gasteiger partial charge in [-0.1, -0.05) is 47.6 Å². The van der Waals surface area contributed by atoms with Crippen molar-refractivity contribution in [1.29, 1.82) is 0 Å². The predicted molar refractivity (Wildman–Crippen MR) is 165 cm³/mol. The van der Waals surface area contributed by atoms with E-state index in [1.54, 1.807) is 14.1 Å². The molecule has 0 aromatic heterocycles. The number of carbonyl (C=O) groups is 5. The Kier molecular flexibility index (Phi) is 9.07. The van der Waals surface area contributed by atoms with E-state index in [9.17, 15) is 34.2 Å². The first-order chi connectivity index (χ1) is 20.2. The van der Waals surface area contributed by atoms with Gasteiger partial charge < -0.3 is 21.3 Å². The van der Waals surface area contributed by atoms with Gasteiger partial charge >= 0.3 is 0 Å². The van der Waals surface area contributed by atoms with Crippen LogP contribution in [0, 0.1) is 34.5 Å². The third-order valence-electron chi connectivity index (χ3n) is 9.58. The second-order valence-corrected chi connectivity index (χ2v) is 15.8. The highest BCUT2D eigenvalue weighted by molar-refractivity contribution is 6.32. The van der Waals surface area contributed by atoms with Crippen LogP contribution in [-0.4, -0.2) is 76.4 Å². The number of benzene rings is 1. The molecule has 10 heteroatoms. The van der Waals surface area contributed by atoms with E-state index in [0.717, 1.165) is 18.4 Å². The van der Waals surface area contributed by atoms with Gasteiger partial charge in [0.1, 0.15) is 5.75 Å². The van der Waals surface area contributed by atoms with Crippen molar-refractivity contribution in [3.63, 3.8) is 0 Å². The number of rotatable bonds is 8. The van der Waals surface area contributed by atoms with Crippen LogP contribution in [0.25, 0.3) is 0 Å². The molecule has 0 saturated heterocycles. The van der Waals surface area contributed by atoms with Gasteiger partial charge in [0.05, 0.1) is 17.5 Å². The Hall–Kier alpha value is -2.95. The zero-order chi connectivity index (χ0) is 33.1. The molecule has 0 heterocycles. The predicted octanol–water partition coefficient (Wildman–Crippen LogP) is 2.37. The van der Waals surface area contributed by atoms with Crippen molar-refractivity contribution in [2.45, 2.75) is 91.8 Å². The first kappa shape index (κ1) is 33.9. The van der Waals surface area contributed by atoms with Crippen molar-refractivity contribution in [2.75, 3.05) is 20.6 Å². The molecule has 0 aliphatic heterocycles. The monoisotopic (exact) mass is 611 g/mol. The van der Waals surface area contributed by atoms with Gasteiger partial charge in [-0.2, -0.15) is 0 Å². The Morgan fingerprint density at radius 1 is 1.05 bits per heavy atom. The molecule has 1 aromatic carbocycles. The van der Waals surface area contributed by atoms with E-state index in [2.05, 4.69) is 46.9 Å². The van der Waals surface area contributed by atoms with Crippen LogP contribution >= 0.6 is 0 Å². The number of carbonyl (C=O) groups excluding carboxylic acids is 5. The highest BCUT2D eigenvalue weighted by atomic mass is 16.3. The number of ketones is 4. The second kappa shape index (κ2) is 11.8. The fourth-order valence-electron chi connectivity index (χ4n) is 7.55. The molecule has 3 aliphatic rings. The van der Waals surface area contributed by atoms with Crippen LogP contribution in [0.3, 0.4) is 0 Å². The standard InChI is InChI=1S/C34H49N3O7/c1-32(2,3)11-9-10-17-12-19(15-36-16-33(4,5)6)26(38)23-20(17)13-18-14-21-25(37(7)8)28(40)24(31(35)43)30(42)34(21,44)29(41)22(18)27(23)39/h12,18,21-22,24-25,36,38,44H,9-11,13-16H2,1-8H3,(H2,35,43)/t18-,21-,22?,24?,25?,34-/m1/s1. The molecule has 0 radical (unpaired) electrons. The topological polar surface area (TPSA) is 167 Å². The summed E-state index contributed by atoms with van der Waals surface area (Å²) in [6.45, 7) is 13.8. The average molecular weight is 612 g/mol. The lowest BCUT2D eigenvalue weighted by Crippen LogP contribution is -2.74. The molecule has 0 bridgehead atoms. The molecule has 2 saturated carbocycles. The molecule has 242 valence electrons. The number of nitrogens with zero attached hydrogens (tertiary/aromatic N) is 1. The van der Waals surface area contributed by atoms with Gasteiger partial charge in [-0.15, -0.1) is 0 Å². The molecule has 10 nitrogen and oxygen atoms in total. The Morgan fingerprint density at radius 3 is 2.23 bits per heavy atom. The van der Waals surface area contributed by atoms with E-state index >= 15 is 0 Å². The molecule has 6 atom stereocenters. The minimum atomic E-state index is -2.73. The average Bonchev–Trinajstić information content (AvgIpc) is 2.86. The zero-order valence-corrected chi connectivity index (χ0v) is 27.4. The SMILES string of the molecule is CN(C)C1C(=O)C(C(N)=O)C(=O)[C@]2(O)C(=O)C3C(=O)c4c(O)c(CNCC(C)(C)C)cc(CCCC(C)(C)C)c4C[C@@H]3C[C@H]12. The number of nitrogens with two attached hydrogens (primary N) is 1. The quantitative estimate of drug-likeness (QED) is 0.323. The maximum atomic E-state index is 14.3. The summed E-state index contributed by atoms with van der Waals surface area (Å²) >= 11 is 0. The van der Waals surface area contributed by atoms with Gasteiger partial charge in [-0.3, -0.25) is 28.9 Å². The minimum absolute atomic E-state index is 0.00991. The van der Waals surface area contributed by atoms with Crippen molar-refractivity contribution in [2.24, 2.45) is 40.2 Å². The van der Waals surface area contributed by atoms with Crippen LogP contribution < -0.4 is 11.1 Å². The summed E-state index contributed by atoms with van der Waals surface area (Å²) in [6, 6.07) is 0.835. The van der Waals surface area contributed by atoms with Crippen LogP contribution in [0.5, 0.6) is 5.75 Å². The van der Waals surface area contributed by atoms with Gasteiger partial charge in [0.2, 0.25) is 5.91 Å². The van der Waals surface area contributed by atoms with Gasteiger partial charge in [0.15, 0.2) is 34.7 Å². The minimum Gasteiger partial charge on any atom is -0.507 e. The number of likely N-dealkylation sites (N-methyl/N-ethyl adjacent to an activating group) is 1. The number of hydrogen-bond donors (Lipinski definition) is 4. The van der Waals surface area contributed by atoms with E-state index in [0.29, 0.717) is 30.6 Å². The fourth-order valence-corrected chi connectivity index (χ4v) is 7.55. The fraction of sp³-hybridized carbons (Fsp3) is 0.676. The molecular formula is C34H49N3O7. The second-order valence-electron chi connectivity index (χ2n) is 15.8. The van der Waals surface area contributed by atoms with Crippen LogP contribution in [0.2, 0.25) is 0 Å². The van der Waals surface area contributed by atoms with E-state index in [1.807, 2.05) is 6.07 Å². The number of Topliss-reactive ketones (excluding diaryl/α,β-unsaturated/α-hetero) is 4. The third kappa shape index (κ3) is 6.00. The van der Waals surface area contributed by atoms with Crippen molar-refractivity contribution in [3.8, 4) is 5.75 Å². The zero-order valence-electron chi connectivity index (χ0n) is 27.4. The molecule has 44 heavy (non-hydrogen) atoms. The summed E-state index contributed by atoms with van der Waals surface area (Å²) in [5.74, 6) is -10.2. The number of aryl methyl sites for hydroxylation is 1. The van der Waals surface area contributed by atoms with Gasteiger partial charge in [-0.05, 0) is 74.1 Å². The van der Waals surface area contributed by atoms with Crippen LogP contribution in [0.4, 0.5) is 0 Å². The van der Waals surface area contributed by atoms with Gasteiger partial charge in [0.25, 0.3) is 0 Å². The van der Waals surface area contributed by atoms with E-state index in [4.69, 9.17) is 5.73 Å². The van der Waals surface area contributed by atoms with Crippen molar-refractivity contribution in [1.82, 2.24) is 10.2 Å². The molecule has 3 unspecified atom stereocenters.